The van der Waals surface area contributed by atoms with Crippen LogP contribution in [0.4, 0.5) is 0 Å². The Labute approximate surface area is 239 Å². The number of ether oxygens (including phenoxy) is 2. The molecule has 4 fully saturated rings. The normalized spacial score (nSPS) is 22.4. The van der Waals surface area contributed by atoms with Gasteiger partial charge in [0, 0.05) is 43.1 Å². The molecule has 6 rings (SSSR count). The van der Waals surface area contributed by atoms with E-state index in [1.54, 1.807) is 12.1 Å². The van der Waals surface area contributed by atoms with Gasteiger partial charge in [-0.25, -0.2) is 4.79 Å². The third-order valence-corrected chi connectivity index (χ3v) is 8.41. The smallest absolute Gasteiger partial charge is 0.333 e. The van der Waals surface area contributed by atoms with Gasteiger partial charge < -0.3 is 34.9 Å². The number of phenols is 1. The van der Waals surface area contributed by atoms with Crippen LogP contribution in [0.25, 0.3) is 5.76 Å². The zero-order valence-corrected chi connectivity index (χ0v) is 23.5. The Kier molecular flexibility index (Phi) is 8.95. The van der Waals surface area contributed by atoms with Gasteiger partial charge in [-0.1, -0.05) is 0 Å². The van der Waals surface area contributed by atoms with Crippen LogP contribution < -0.4 is 14.9 Å². The van der Waals surface area contributed by atoms with Gasteiger partial charge >= 0.3 is 5.97 Å². The first-order chi connectivity index (χ1) is 19.8. The molecule has 4 bridgehead atoms. The van der Waals surface area contributed by atoms with Crippen molar-refractivity contribution in [3.63, 3.8) is 0 Å². The van der Waals surface area contributed by atoms with Gasteiger partial charge in [0.25, 0.3) is 0 Å². The third-order valence-electron chi connectivity index (χ3n) is 8.41. The van der Waals surface area contributed by atoms with Crippen LogP contribution in [0.5, 0.6) is 23.3 Å². The van der Waals surface area contributed by atoms with Crippen molar-refractivity contribution in [3.8, 4) is 23.3 Å². The van der Waals surface area contributed by atoms with E-state index < -0.39 is 17.7 Å². The zero-order valence-electron chi connectivity index (χ0n) is 23.5. The van der Waals surface area contributed by atoms with Crippen LogP contribution in [0.3, 0.4) is 0 Å². The quantitative estimate of drug-likeness (QED) is 0.204. The number of nitrogens with zero attached hydrogens (tertiary/aromatic N) is 1. The summed E-state index contributed by atoms with van der Waals surface area (Å²) in [6, 6.07) is 7.68. The lowest BCUT2D eigenvalue weighted by molar-refractivity contribution is -0.145. The highest BCUT2D eigenvalue weighted by atomic mass is 16.7. The summed E-state index contributed by atoms with van der Waals surface area (Å²) in [5, 5.41) is 32.3. The van der Waals surface area contributed by atoms with Crippen molar-refractivity contribution in [2.75, 3.05) is 19.8 Å². The Hall–Kier alpha value is -3.82. The third kappa shape index (κ3) is 6.92. The van der Waals surface area contributed by atoms with E-state index in [2.05, 4.69) is 5.32 Å². The average molecular weight is 569 g/mol. The molecule has 4 aliphatic rings. The van der Waals surface area contributed by atoms with Crippen LogP contribution in [0.15, 0.2) is 35.9 Å². The van der Waals surface area contributed by atoms with Crippen molar-refractivity contribution < 1.29 is 39.2 Å². The minimum absolute atomic E-state index is 0.0457. The fourth-order valence-corrected chi connectivity index (χ4v) is 6.95. The number of carbonyl (C=O) groups excluding carboxylic acids is 2. The molecule has 4 aliphatic carbocycles. The van der Waals surface area contributed by atoms with Crippen LogP contribution in [0.2, 0.25) is 0 Å². The number of nitrogens with one attached hydrogen (secondary N) is 1. The second kappa shape index (κ2) is 12.8. The molecular weight excluding hydrogens is 528 g/mol. The summed E-state index contributed by atoms with van der Waals surface area (Å²) in [5.41, 5.74) is 2.30. The van der Waals surface area contributed by atoms with Gasteiger partial charge in [0.2, 0.25) is 17.7 Å². The van der Waals surface area contributed by atoms with Crippen LogP contribution in [-0.2, 0) is 14.3 Å². The highest BCUT2D eigenvalue weighted by molar-refractivity contribution is 5.77. The fourth-order valence-electron chi connectivity index (χ4n) is 6.95. The first-order valence-electron chi connectivity index (χ1n) is 14.7. The second-order valence-electron chi connectivity index (χ2n) is 11.5. The molecule has 10 heteroatoms. The number of carbonyl (C=O) groups is 2. The van der Waals surface area contributed by atoms with Crippen LogP contribution in [0, 0.1) is 23.7 Å². The number of benzene rings is 1. The molecule has 0 atom stereocenters. The van der Waals surface area contributed by atoms with E-state index in [1.165, 1.54) is 49.8 Å². The summed E-state index contributed by atoms with van der Waals surface area (Å²) >= 11 is 0. The van der Waals surface area contributed by atoms with Gasteiger partial charge in [-0.05, 0) is 93.2 Å². The number of hydrogen-bond acceptors (Lipinski definition) is 8. The molecule has 4 N–H and O–H groups in total. The lowest BCUT2D eigenvalue weighted by atomic mass is 9.54. The van der Waals surface area contributed by atoms with E-state index in [9.17, 15) is 24.9 Å². The highest BCUT2D eigenvalue weighted by Crippen LogP contribution is 2.58. The molecule has 1 aromatic heterocycles. The molecule has 1 heterocycles. The molecule has 1 aromatic carbocycles. The standard InChI is InChI=1S/C31H40N2O8/c1-2-39-31(30-21-12-19-11-20(14-21)15-22(30)13-19)23-16-24(34)18-25(17-23)40-10-4-9-32-26(35)5-3-6-29(38)41-33-27(36)7-8-28(33)37/h7-8,16-22,34,36-37H,2-6,9-15H2,1H3,(H,32,35). The Bertz CT molecular complexity index is 1230. The van der Waals surface area contributed by atoms with Crippen LogP contribution in [-0.4, -0.2) is 51.7 Å². The predicted molar refractivity (Wildman–Crippen MR) is 150 cm³/mol. The Balaban J connectivity index is 1.07. The van der Waals surface area contributed by atoms with E-state index in [1.807, 2.05) is 13.0 Å². The van der Waals surface area contributed by atoms with E-state index >= 15 is 0 Å². The first-order valence-corrected chi connectivity index (χ1v) is 14.7. The maximum Gasteiger partial charge on any atom is 0.333 e. The number of phenolic OH excluding ortho intramolecular Hbond substituents is 1. The molecule has 0 aliphatic heterocycles. The van der Waals surface area contributed by atoms with E-state index in [0.29, 0.717) is 48.5 Å². The molecular formula is C31H40N2O8. The summed E-state index contributed by atoms with van der Waals surface area (Å²) in [7, 11) is 0. The molecule has 4 saturated carbocycles. The predicted octanol–water partition coefficient (Wildman–Crippen LogP) is 4.52. The molecule has 2 aromatic rings. The Morgan fingerprint density at radius 2 is 1.61 bits per heavy atom. The van der Waals surface area contributed by atoms with Gasteiger partial charge in [0.05, 0.1) is 13.2 Å². The Morgan fingerprint density at radius 1 is 0.927 bits per heavy atom. The summed E-state index contributed by atoms with van der Waals surface area (Å²) in [5.74, 6) is 2.80. The average Bonchev–Trinajstić information content (AvgIpc) is 3.23. The largest absolute Gasteiger partial charge is 0.508 e. The number of amides is 1. The number of rotatable bonds is 13. The lowest BCUT2D eigenvalue weighted by Crippen LogP contribution is -2.41. The summed E-state index contributed by atoms with van der Waals surface area (Å²) in [6.45, 7) is 3.32. The summed E-state index contributed by atoms with van der Waals surface area (Å²) in [4.78, 5) is 28.9. The summed E-state index contributed by atoms with van der Waals surface area (Å²) < 4.78 is 12.8. The molecule has 0 radical (unpaired) electrons. The second-order valence-corrected chi connectivity index (χ2v) is 11.5. The maximum absolute atomic E-state index is 12.1. The first kappa shape index (κ1) is 28.7. The molecule has 10 nitrogen and oxygen atoms in total. The lowest BCUT2D eigenvalue weighted by Gasteiger charge is -2.51. The van der Waals surface area contributed by atoms with Crippen molar-refractivity contribution in [3.05, 3.63) is 41.5 Å². The zero-order chi connectivity index (χ0) is 28.9. The molecule has 41 heavy (non-hydrogen) atoms. The Morgan fingerprint density at radius 3 is 2.27 bits per heavy atom. The number of aromatic hydroxyl groups is 3. The molecule has 222 valence electrons. The molecule has 0 unspecified atom stereocenters. The minimum Gasteiger partial charge on any atom is -0.508 e. The highest BCUT2D eigenvalue weighted by Gasteiger charge is 2.46. The van der Waals surface area contributed by atoms with Crippen molar-refractivity contribution in [2.45, 2.75) is 64.7 Å². The number of allylic oxidation sites excluding steroid dienone is 1. The SMILES string of the molecule is CCOC(=C1C2CC3CC(C2)CC1C3)c1cc(O)cc(OCCCNC(=O)CCCC(=O)On2c(O)ccc2O)c1. The van der Waals surface area contributed by atoms with Crippen molar-refractivity contribution in [1.82, 2.24) is 10.0 Å². The maximum atomic E-state index is 12.1. The van der Waals surface area contributed by atoms with Crippen molar-refractivity contribution in [2.24, 2.45) is 23.7 Å². The van der Waals surface area contributed by atoms with E-state index in [-0.39, 0.29) is 30.9 Å². The number of hydrogen-bond donors (Lipinski definition) is 4. The fraction of sp³-hybridized carbons (Fsp3) is 0.548. The molecule has 1 amide bonds. The van der Waals surface area contributed by atoms with Crippen molar-refractivity contribution >= 4 is 17.6 Å². The van der Waals surface area contributed by atoms with E-state index in [4.69, 9.17) is 14.3 Å². The van der Waals surface area contributed by atoms with Crippen LogP contribution in [0.1, 0.15) is 70.3 Å². The van der Waals surface area contributed by atoms with Gasteiger partial charge in [0.15, 0.2) is 0 Å². The van der Waals surface area contributed by atoms with E-state index in [0.717, 1.165) is 23.2 Å². The van der Waals surface area contributed by atoms with Gasteiger partial charge in [-0.3, -0.25) is 4.79 Å². The molecule has 0 spiro atoms. The van der Waals surface area contributed by atoms with Crippen molar-refractivity contribution in [1.29, 1.82) is 0 Å². The van der Waals surface area contributed by atoms with Gasteiger partial charge in [0.1, 0.15) is 17.3 Å². The monoisotopic (exact) mass is 568 g/mol. The van der Waals surface area contributed by atoms with Gasteiger partial charge in [-0.15, -0.1) is 4.73 Å². The summed E-state index contributed by atoms with van der Waals surface area (Å²) in [6.07, 6.45) is 7.30. The van der Waals surface area contributed by atoms with Gasteiger partial charge in [-0.2, -0.15) is 0 Å². The minimum atomic E-state index is -0.676. The van der Waals surface area contributed by atoms with Crippen LogP contribution >= 0.6 is 0 Å². The molecule has 0 saturated heterocycles. The topological polar surface area (TPSA) is 139 Å². The number of aromatic nitrogens is 1.